The third-order valence-electron chi connectivity index (χ3n) is 3.43. The zero-order valence-electron chi connectivity index (χ0n) is 11.8. The van der Waals surface area contributed by atoms with Crippen LogP contribution in [0.15, 0.2) is 45.1 Å². The van der Waals surface area contributed by atoms with Crippen molar-refractivity contribution in [3.63, 3.8) is 0 Å². The number of thiophene rings is 1. The standard InChI is InChI=1S/C15H13NO4S2/c1-10-4-2-3-5-11(10)14(17)20-16-13-7-9-22(18,19)15-12(13)6-8-21-15/h2-6,8H,7,9H2,1H3. The van der Waals surface area contributed by atoms with Crippen LogP contribution in [0.3, 0.4) is 0 Å². The van der Waals surface area contributed by atoms with Gasteiger partial charge in [0.2, 0.25) is 0 Å². The lowest BCUT2D eigenvalue weighted by atomic mass is 10.1. The van der Waals surface area contributed by atoms with E-state index in [4.69, 9.17) is 4.84 Å². The van der Waals surface area contributed by atoms with Crippen LogP contribution in [-0.4, -0.2) is 25.9 Å². The maximum atomic E-state index is 12.0. The summed E-state index contributed by atoms with van der Waals surface area (Å²) in [4.78, 5) is 17.0. The highest BCUT2D eigenvalue weighted by Crippen LogP contribution is 2.30. The number of hydrogen-bond donors (Lipinski definition) is 0. The molecule has 5 nitrogen and oxygen atoms in total. The molecule has 2 heterocycles. The van der Waals surface area contributed by atoms with Crippen LogP contribution >= 0.6 is 11.3 Å². The number of oxime groups is 1. The van der Waals surface area contributed by atoms with Gasteiger partial charge in [-0.15, -0.1) is 11.3 Å². The molecule has 7 heteroatoms. The van der Waals surface area contributed by atoms with E-state index in [-0.39, 0.29) is 12.2 Å². The number of fused-ring (bicyclic) bond motifs is 1. The second-order valence-electron chi connectivity index (χ2n) is 4.92. The lowest BCUT2D eigenvalue weighted by molar-refractivity contribution is 0.0515. The van der Waals surface area contributed by atoms with E-state index in [2.05, 4.69) is 5.16 Å². The van der Waals surface area contributed by atoms with Gasteiger partial charge in [-0.2, -0.15) is 0 Å². The van der Waals surface area contributed by atoms with Gasteiger partial charge in [0.05, 0.1) is 17.0 Å². The summed E-state index contributed by atoms with van der Waals surface area (Å²) in [5.74, 6) is -0.558. The van der Waals surface area contributed by atoms with Crippen LogP contribution in [0, 0.1) is 6.92 Å². The van der Waals surface area contributed by atoms with Crippen molar-refractivity contribution in [1.82, 2.24) is 0 Å². The third-order valence-corrected chi connectivity index (χ3v) is 6.72. The normalized spacial score (nSPS) is 18.0. The van der Waals surface area contributed by atoms with E-state index >= 15 is 0 Å². The SMILES string of the molecule is Cc1ccccc1C(=O)ON=C1CCS(=O)(=O)c2sccc21. The van der Waals surface area contributed by atoms with Crippen molar-refractivity contribution in [2.45, 2.75) is 17.6 Å². The molecule has 2 aromatic rings. The quantitative estimate of drug-likeness (QED) is 0.625. The molecule has 0 saturated carbocycles. The highest BCUT2D eigenvalue weighted by Gasteiger charge is 2.29. The summed E-state index contributed by atoms with van der Waals surface area (Å²) in [7, 11) is -3.23. The molecule has 0 saturated heterocycles. The fraction of sp³-hybridized carbons (Fsp3) is 0.200. The van der Waals surface area contributed by atoms with Crippen molar-refractivity contribution in [1.29, 1.82) is 0 Å². The summed E-state index contributed by atoms with van der Waals surface area (Å²) < 4.78 is 24.2. The molecule has 0 spiro atoms. The van der Waals surface area contributed by atoms with Gasteiger partial charge in [-0.25, -0.2) is 13.2 Å². The zero-order valence-corrected chi connectivity index (χ0v) is 13.4. The van der Waals surface area contributed by atoms with Crippen LogP contribution < -0.4 is 0 Å². The van der Waals surface area contributed by atoms with E-state index in [1.165, 1.54) is 0 Å². The highest BCUT2D eigenvalue weighted by molar-refractivity contribution is 7.93. The number of aryl methyl sites for hydroxylation is 1. The summed E-state index contributed by atoms with van der Waals surface area (Å²) in [5.41, 5.74) is 2.28. The molecule has 0 unspecified atom stereocenters. The first-order valence-corrected chi connectivity index (χ1v) is 9.17. The van der Waals surface area contributed by atoms with Gasteiger partial charge in [-0.3, -0.25) is 0 Å². The Bertz CT molecular complexity index is 865. The second-order valence-corrected chi connectivity index (χ2v) is 8.14. The Hall–Kier alpha value is -1.99. The molecule has 0 radical (unpaired) electrons. The minimum atomic E-state index is -3.23. The summed E-state index contributed by atoms with van der Waals surface area (Å²) in [6, 6.07) is 8.76. The van der Waals surface area contributed by atoms with Gasteiger partial charge in [0.25, 0.3) is 0 Å². The largest absolute Gasteiger partial charge is 0.366 e. The lowest BCUT2D eigenvalue weighted by Gasteiger charge is -2.13. The molecule has 1 aromatic carbocycles. The summed E-state index contributed by atoms with van der Waals surface area (Å²) in [5, 5.41) is 5.59. The molecule has 1 aromatic heterocycles. The molecule has 3 rings (SSSR count). The molecule has 114 valence electrons. The third kappa shape index (κ3) is 2.69. The van der Waals surface area contributed by atoms with Gasteiger partial charge in [0, 0.05) is 12.0 Å². The Morgan fingerprint density at radius 1 is 1.27 bits per heavy atom. The first kappa shape index (κ1) is 14.9. The predicted molar refractivity (Wildman–Crippen MR) is 84.1 cm³/mol. The van der Waals surface area contributed by atoms with E-state index < -0.39 is 15.8 Å². The van der Waals surface area contributed by atoms with E-state index in [0.29, 0.717) is 21.0 Å². The zero-order chi connectivity index (χ0) is 15.7. The van der Waals surface area contributed by atoms with Crippen molar-refractivity contribution in [3.05, 3.63) is 52.4 Å². The van der Waals surface area contributed by atoms with Crippen LogP contribution in [0.25, 0.3) is 0 Å². The van der Waals surface area contributed by atoms with E-state index in [9.17, 15) is 13.2 Å². The molecular weight excluding hydrogens is 322 g/mol. The number of benzene rings is 1. The first-order chi connectivity index (χ1) is 10.5. The van der Waals surface area contributed by atoms with Crippen LogP contribution in [0.5, 0.6) is 0 Å². The smallest absolute Gasteiger partial charge is 0.313 e. The average molecular weight is 335 g/mol. The monoisotopic (exact) mass is 335 g/mol. The molecule has 1 aliphatic rings. The molecule has 0 aliphatic carbocycles. The molecular formula is C15H13NO4S2. The topological polar surface area (TPSA) is 72.8 Å². The number of carbonyl (C=O) groups excluding carboxylic acids is 1. The van der Waals surface area contributed by atoms with Gasteiger partial charge < -0.3 is 4.84 Å². The Kier molecular flexibility index (Phi) is 3.84. The van der Waals surface area contributed by atoms with Crippen LogP contribution in [0.2, 0.25) is 0 Å². The predicted octanol–water partition coefficient (Wildman–Crippen LogP) is 2.80. The number of sulfone groups is 1. The second kappa shape index (κ2) is 5.66. The highest BCUT2D eigenvalue weighted by atomic mass is 32.2. The van der Waals surface area contributed by atoms with Gasteiger partial charge in [-0.1, -0.05) is 23.4 Å². The Morgan fingerprint density at radius 2 is 2.05 bits per heavy atom. The lowest BCUT2D eigenvalue weighted by Crippen LogP contribution is -2.20. The van der Waals surface area contributed by atoms with Crippen molar-refractivity contribution >= 4 is 32.9 Å². The van der Waals surface area contributed by atoms with Crippen LogP contribution in [0.1, 0.15) is 27.9 Å². The van der Waals surface area contributed by atoms with Crippen molar-refractivity contribution < 1.29 is 18.0 Å². The van der Waals surface area contributed by atoms with Gasteiger partial charge in [0.1, 0.15) is 4.21 Å². The van der Waals surface area contributed by atoms with Crippen molar-refractivity contribution in [2.75, 3.05) is 5.75 Å². The number of hydrogen-bond acceptors (Lipinski definition) is 6. The fourth-order valence-electron chi connectivity index (χ4n) is 2.25. The van der Waals surface area contributed by atoms with E-state index in [1.807, 2.05) is 19.1 Å². The Balaban J connectivity index is 1.86. The van der Waals surface area contributed by atoms with Crippen LogP contribution in [0.4, 0.5) is 0 Å². The Morgan fingerprint density at radius 3 is 2.82 bits per heavy atom. The maximum Gasteiger partial charge on any atom is 0.366 e. The minimum absolute atomic E-state index is 0.0126. The number of carbonyl (C=O) groups is 1. The summed E-state index contributed by atoms with van der Waals surface area (Å²) in [6.45, 7) is 1.81. The first-order valence-electron chi connectivity index (χ1n) is 6.63. The van der Waals surface area contributed by atoms with Gasteiger partial charge in [0.15, 0.2) is 9.84 Å². The number of nitrogens with zero attached hydrogens (tertiary/aromatic N) is 1. The van der Waals surface area contributed by atoms with Crippen LogP contribution in [-0.2, 0) is 14.7 Å². The summed E-state index contributed by atoms with van der Waals surface area (Å²) >= 11 is 1.16. The average Bonchev–Trinajstić information content (AvgIpc) is 2.98. The maximum absolute atomic E-state index is 12.0. The fourth-order valence-corrected chi connectivity index (χ4v) is 5.06. The van der Waals surface area contributed by atoms with Gasteiger partial charge in [-0.05, 0) is 30.0 Å². The molecule has 0 atom stereocenters. The molecule has 0 N–H and O–H groups in total. The molecule has 1 aliphatic heterocycles. The molecule has 0 fully saturated rings. The molecule has 22 heavy (non-hydrogen) atoms. The van der Waals surface area contributed by atoms with Gasteiger partial charge >= 0.3 is 5.97 Å². The van der Waals surface area contributed by atoms with Crippen molar-refractivity contribution in [2.24, 2.45) is 5.16 Å². The Labute approximate surface area is 132 Å². The minimum Gasteiger partial charge on any atom is -0.313 e. The van der Waals surface area contributed by atoms with E-state index in [1.54, 1.807) is 23.6 Å². The summed E-state index contributed by atoms with van der Waals surface area (Å²) in [6.07, 6.45) is 0.243. The number of rotatable bonds is 2. The van der Waals surface area contributed by atoms with E-state index in [0.717, 1.165) is 16.9 Å². The van der Waals surface area contributed by atoms with Crippen molar-refractivity contribution in [3.8, 4) is 0 Å². The molecule has 0 amide bonds. The molecule has 0 bridgehead atoms.